The highest BCUT2D eigenvalue weighted by molar-refractivity contribution is 5.89. The van der Waals surface area contributed by atoms with E-state index in [4.69, 9.17) is 4.74 Å². The Bertz CT molecular complexity index is 1030. The molecule has 9 atom stereocenters. The lowest BCUT2D eigenvalue weighted by atomic mass is 9.33. The van der Waals surface area contributed by atoms with E-state index in [1.54, 1.807) is 0 Å². The second-order valence-corrected chi connectivity index (χ2v) is 15.7. The third-order valence-electron chi connectivity index (χ3n) is 13.1. The van der Waals surface area contributed by atoms with Crippen molar-refractivity contribution in [2.45, 2.75) is 119 Å². The van der Waals surface area contributed by atoms with Crippen LogP contribution in [0, 0.1) is 50.2 Å². The molecular weight excluding hydrogens is 464 g/mol. The average Bonchev–Trinajstić information content (AvgIpc) is 2.77. The first-order valence-electron chi connectivity index (χ1n) is 14.7. The molecule has 208 valence electrons. The van der Waals surface area contributed by atoms with Gasteiger partial charge in [0, 0.05) is 30.1 Å². The average molecular weight is 515 g/mol. The van der Waals surface area contributed by atoms with Crippen LogP contribution >= 0.6 is 0 Å². The fourth-order valence-corrected chi connectivity index (χ4v) is 11.0. The minimum Gasteiger partial charge on any atom is -0.462 e. The Morgan fingerprint density at radius 2 is 1.70 bits per heavy atom. The molecule has 5 heteroatoms. The molecule has 5 rings (SSSR count). The molecule has 0 aromatic carbocycles. The molecule has 37 heavy (non-hydrogen) atoms. The van der Waals surface area contributed by atoms with E-state index in [0.717, 1.165) is 44.9 Å². The number of aliphatic hydroxyl groups is 2. The molecule has 0 heterocycles. The maximum atomic E-state index is 14.1. The summed E-state index contributed by atoms with van der Waals surface area (Å²) >= 11 is 0. The Labute approximate surface area is 223 Å². The van der Waals surface area contributed by atoms with Gasteiger partial charge < -0.3 is 14.9 Å². The molecule has 0 radical (unpaired) electrons. The first-order valence-corrected chi connectivity index (χ1v) is 14.7. The first-order chi connectivity index (χ1) is 17.0. The Kier molecular flexibility index (Phi) is 6.04. The lowest BCUT2D eigenvalue weighted by Gasteiger charge is -2.71. The molecular formula is C32H50O5. The molecule has 0 aromatic heterocycles. The van der Waals surface area contributed by atoms with E-state index in [0.29, 0.717) is 12.3 Å². The molecule has 4 saturated carbocycles. The highest BCUT2D eigenvalue weighted by Crippen LogP contribution is 2.75. The number of carbonyl (C=O) groups excluding carboxylic acids is 2. The third kappa shape index (κ3) is 3.47. The van der Waals surface area contributed by atoms with Gasteiger partial charge in [-0.3, -0.25) is 9.59 Å². The van der Waals surface area contributed by atoms with Crippen LogP contribution in [0.5, 0.6) is 0 Å². The number of hydrogen-bond donors (Lipinski definition) is 2. The van der Waals surface area contributed by atoms with Crippen molar-refractivity contribution in [1.29, 1.82) is 0 Å². The highest BCUT2D eigenvalue weighted by Gasteiger charge is 2.71. The van der Waals surface area contributed by atoms with Crippen molar-refractivity contribution in [1.82, 2.24) is 0 Å². The molecule has 4 fully saturated rings. The number of Topliss-reactive ketones (excluding diaryl/α,β-unsaturated/α-hetero) is 1. The number of hydrogen-bond acceptors (Lipinski definition) is 5. The van der Waals surface area contributed by atoms with E-state index >= 15 is 0 Å². The summed E-state index contributed by atoms with van der Waals surface area (Å²) in [5, 5.41) is 22.7. The fourth-order valence-electron chi connectivity index (χ4n) is 11.0. The summed E-state index contributed by atoms with van der Waals surface area (Å²) in [5.74, 6) is 0.341. The zero-order valence-corrected chi connectivity index (χ0v) is 24.4. The smallest absolute Gasteiger partial charge is 0.302 e. The minimum atomic E-state index is -0.699. The number of ether oxygens (including phenoxy) is 1. The van der Waals surface area contributed by atoms with E-state index in [9.17, 15) is 19.8 Å². The van der Waals surface area contributed by atoms with Gasteiger partial charge in [-0.05, 0) is 73.0 Å². The van der Waals surface area contributed by atoms with Crippen LogP contribution in [0.15, 0.2) is 11.6 Å². The predicted molar refractivity (Wildman–Crippen MR) is 143 cm³/mol. The van der Waals surface area contributed by atoms with Crippen LogP contribution in [0.25, 0.3) is 0 Å². The molecule has 0 bridgehead atoms. The van der Waals surface area contributed by atoms with Crippen LogP contribution < -0.4 is 0 Å². The SMILES string of the molecule is CC(=O)O[C@H]1CC[C@]2(C)[C@H]3[C@H](O)C=C4[C@@H]5CC(C)(C)CC[C@]5(CO)C(=O)C[C@@]4(C)[C@]3(C)CC[C@H]2C1(C)C. The summed E-state index contributed by atoms with van der Waals surface area (Å²) < 4.78 is 5.83. The first kappa shape index (κ1) is 27.4. The largest absolute Gasteiger partial charge is 0.462 e. The van der Waals surface area contributed by atoms with Crippen molar-refractivity contribution < 1.29 is 24.5 Å². The lowest BCUT2D eigenvalue weighted by molar-refractivity contribution is -0.229. The molecule has 0 unspecified atom stereocenters. The van der Waals surface area contributed by atoms with Crippen molar-refractivity contribution in [3.05, 3.63) is 11.6 Å². The quantitative estimate of drug-likeness (QED) is 0.356. The maximum Gasteiger partial charge on any atom is 0.302 e. The summed E-state index contributed by atoms with van der Waals surface area (Å²) in [4.78, 5) is 26.0. The van der Waals surface area contributed by atoms with Gasteiger partial charge in [-0.1, -0.05) is 60.1 Å². The summed E-state index contributed by atoms with van der Waals surface area (Å²) in [6.45, 7) is 17.5. The number of esters is 1. The van der Waals surface area contributed by atoms with Crippen LogP contribution in [-0.4, -0.2) is 40.8 Å². The zero-order chi connectivity index (χ0) is 27.4. The summed E-state index contributed by atoms with van der Waals surface area (Å²) in [5.41, 5.74) is -0.233. The number of aliphatic hydroxyl groups excluding tert-OH is 2. The Hall–Kier alpha value is -1.20. The molecule has 0 amide bonds. The second kappa shape index (κ2) is 8.16. The van der Waals surface area contributed by atoms with Gasteiger partial charge >= 0.3 is 5.97 Å². The van der Waals surface area contributed by atoms with Gasteiger partial charge in [0.2, 0.25) is 0 Å². The fraction of sp³-hybridized carbons (Fsp3) is 0.875. The second-order valence-electron chi connectivity index (χ2n) is 15.7. The molecule has 5 aliphatic rings. The monoisotopic (exact) mass is 514 g/mol. The molecule has 0 spiro atoms. The third-order valence-corrected chi connectivity index (χ3v) is 13.1. The van der Waals surface area contributed by atoms with Gasteiger partial charge in [-0.2, -0.15) is 0 Å². The summed E-state index contributed by atoms with van der Waals surface area (Å²) in [6, 6.07) is 0. The van der Waals surface area contributed by atoms with Gasteiger partial charge in [0.1, 0.15) is 11.9 Å². The van der Waals surface area contributed by atoms with Crippen LogP contribution in [0.4, 0.5) is 0 Å². The molecule has 0 aromatic rings. The van der Waals surface area contributed by atoms with Crippen LogP contribution in [-0.2, 0) is 14.3 Å². The minimum absolute atomic E-state index is 0.0124. The molecule has 5 aliphatic carbocycles. The van der Waals surface area contributed by atoms with Gasteiger partial charge in [-0.25, -0.2) is 0 Å². The molecule has 0 saturated heterocycles. The van der Waals surface area contributed by atoms with Crippen LogP contribution in [0.3, 0.4) is 0 Å². The van der Waals surface area contributed by atoms with E-state index in [-0.39, 0.29) is 63.4 Å². The topological polar surface area (TPSA) is 83.8 Å². The Balaban J connectivity index is 1.61. The number of carbonyl (C=O) groups is 2. The van der Waals surface area contributed by atoms with E-state index < -0.39 is 11.5 Å². The number of ketones is 1. The highest BCUT2D eigenvalue weighted by atomic mass is 16.5. The van der Waals surface area contributed by atoms with Crippen LogP contribution in [0.2, 0.25) is 0 Å². The van der Waals surface area contributed by atoms with Crippen molar-refractivity contribution in [3.8, 4) is 0 Å². The van der Waals surface area contributed by atoms with E-state index in [1.807, 2.05) is 0 Å². The van der Waals surface area contributed by atoms with E-state index in [1.165, 1.54) is 12.5 Å². The zero-order valence-electron chi connectivity index (χ0n) is 24.4. The lowest BCUT2D eigenvalue weighted by Crippen LogP contribution is -2.68. The number of fused-ring (bicyclic) bond motifs is 7. The normalized spacial score (nSPS) is 50.1. The standard InChI is InChI=1S/C32H50O5/c1-19(34)37-25-10-11-29(6)23(28(25,4)5)9-12-30(7)26(29)22(35)15-20-21-16-27(2,3)13-14-32(21,18-33)24(36)17-31(20,30)8/h15,21-23,25-26,33,35H,9-14,16-18H2,1-8H3/t21-,22+,23-,25-,26+,29-,30+,31+,32+/m0/s1. The van der Waals surface area contributed by atoms with Gasteiger partial charge in [0.25, 0.3) is 0 Å². The van der Waals surface area contributed by atoms with Gasteiger partial charge in [0.15, 0.2) is 0 Å². The Morgan fingerprint density at radius 3 is 2.32 bits per heavy atom. The van der Waals surface area contributed by atoms with Crippen LogP contribution in [0.1, 0.15) is 107 Å². The van der Waals surface area contributed by atoms with Crippen molar-refractivity contribution >= 4 is 11.8 Å². The molecule has 2 N–H and O–H groups in total. The van der Waals surface area contributed by atoms with E-state index in [2.05, 4.69) is 54.5 Å². The maximum absolute atomic E-state index is 14.1. The molecule has 5 nitrogen and oxygen atoms in total. The van der Waals surface area contributed by atoms with Gasteiger partial charge in [0.05, 0.1) is 18.1 Å². The number of rotatable bonds is 2. The predicted octanol–water partition coefficient (Wildman–Crippen LogP) is 5.86. The Morgan fingerprint density at radius 1 is 1.03 bits per heavy atom. The number of allylic oxidation sites excluding steroid dienone is 1. The molecule has 0 aliphatic heterocycles. The van der Waals surface area contributed by atoms with Crippen molar-refractivity contribution in [2.24, 2.45) is 50.2 Å². The summed E-state index contributed by atoms with van der Waals surface area (Å²) in [6.07, 6.45) is 8.10. The van der Waals surface area contributed by atoms with Crippen molar-refractivity contribution in [2.75, 3.05) is 6.61 Å². The van der Waals surface area contributed by atoms with Crippen molar-refractivity contribution in [3.63, 3.8) is 0 Å². The van der Waals surface area contributed by atoms with Gasteiger partial charge in [-0.15, -0.1) is 0 Å². The summed E-state index contributed by atoms with van der Waals surface area (Å²) in [7, 11) is 0.